The summed E-state index contributed by atoms with van der Waals surface area (Å²) >= 11 is 0. The lowest BCUT2D eigenvalue weighted by atomic mass is 10.0. The number of phosphoric ester groups is 1. The molecule has 0 radical (unpaired) electrons. The number of likely N-dealkylation sites (N-methyl/N-ethyl adjacent to an activating group) is 1. The number of nitrogens with one attached hydrogen (secondary N) is 1. The van der Waals surface area contributed by atoms with E-state index < -0.39 is 20.0 Å². The van der Waals surface area contributed by atoms with Crippen LogP contribution in [0.1, 0.15) is 309 Å². The molecule has 0 rings (SSSR count). The van der Waals surface area contributed by atoms with E-state index in [-0.39, 0.29) is 19.1 Å². The number of rotatable bonds is 56. The van der Waals surface area contributed by atoms with Crippen LogP contribution in [0.15, 0.2) is 12.2 Å². The number of hydrogen-bond donors (Lipinski definition) is 2. The summed E-state index contributed by atoms with van der Waals surface area (Å²) < 4.78 is 23.4. The van der Waals surface area contributed by atoms with Crippen molar-refractivity contribution in [2.75, 3.05) is 40.9 Å². The normalized spacial score (nSPS) is 13.9. The van der Waals surface area contributed by atoms with Crippen molar-refractivity contribution in [2.24, 2.45) is 0 Å². The van der Waals surface area contributed by atoms with E-state index in [0.29, 0.717) is 23.9 Å². The van der Waals surface area contributed by atoms with Gasteiger partial charge >= 0.3 is 0 Å². The fourth-order valence-corrected chi connectivity index (χ4v) is 10.00. The quantitative estimate of drug-likeness (QED) is 0.0272. The maximum atomic E-state index is 12.9. The molecule has 0 bridgehead atoms. The molecule has 0 fully saturated rings. The van der Waals surface area contributed by atoms with Crippen LogP contribution >= 0.6 is 7.82 Å². The van der Waals surface area contributed by atoms with Crippen molar-refractivity contribution in [3.05, 3.63) is 12.2 Å². The van der Waals surface area contributed by atoms with Gasteiger partial charge in [0.15, 0.2) is 0 Å². The number of aliphatic hydroxyl groups is 1. The number of hydrogen-bond acceptors (Lipinski definition) is 6. The minimum atomic E-state index is -4.57. The maximum Gasteiger partial charge on any atom is 0.268 e. The van der Waals surface area contributed by atoms with Gasteiger partial charge in [0.2, 0.25) is 5.91 Å². The Hall–Kier alpha value is -0.760. The van der Waals surface area contributed by atoms with E-state index in [1.807, 2.05) is 21.1 Å². The van der Waals surface area contributed by atoms with Gasteiger partial charge in [-0.05, 0) is 38.5 Å². The van der Waals surface area contributed by atoms with E-state index in [2.05, 4.69) is 31.3 Å². The topological polar surface area (TPSA) is 108 Å². The van der Waals surface area contributed by atoms with Gasteiger partial charge in [0.1, 0.15) is 13.2 Å². The molecule has 0 aliphatic carbocycles. The number of nitrogens with zero attached hydrogens (tertiary/aromatic N) is 1. The molecule has 0 spiro atoms. The number of phosphoric acid groups is 1. The zero-order valence-corrected chi connectivity index (χ0v) is 47.2. The molecule has 0 aromatic carbocycles. The predicted octanol–water partition coefficient (Wildman–Crippen LogP) is 17.6. The van der Waals surface area contributed by atoms with Gasteiger partial charge < -0.3 is 28.8 Å². The average Bonchev–Trinajstić information content (AvgIpc) is 3.30. The summed E-state index contributed by atoms with van der Waals surface area (Å²) in [5.41, 5.74) is 0. The molecule has 3 unspecified atom stereocenters. The third-order valence-electron chi connectivity index (χ3n) is 14.0. The summed E-state index contributed by atoms with van der Waals surface area (Å²) in [4.78, 5) is 25.5. The van der Waals surface area contributed by atoms with Crippen LogP contribution < -0.4 is 10.2 Å². The van der Waals surface area contributed by atoms with E-state index in [0.717, 1.165) is 51.4 Å². The lowest BCUT2D eigenvalue weighted by Crippen LogP contribution is -2.46. The van der Waals surface area contributed by atoms with Crippen molar-refractivity contribution in [3.63, 3.8) is 0 Å². The monoisotopic (exact) mass is 983 g/mol. The Kier molecular flexibility index (Phi) is 50.6. The van der Waals surface area contributed by atoms with Gasteiger partial charge in [-0.25, -0.2) is 0 Å². The molecule has 8 nitrogen and oxygen atoms in total. The zero-order valence-electron chi connectivity index (χ0n) is 46.3. The summed E-state index contributed by atoms with van der Waals surface area (Å²) in [6, 6.07) is -0.802. The van der Waals surface area contributed by atoms with Gasteiger partial charge in [-0.2, -0.15) is 0 Å². The first-order valence-electron chi connectivity index (χ1n) is 30.0. The molecule has 68 heavy (non-hydrogen) atoms. The van der Waals surface area contributed by atoms with Crippen molar-refractivity contribution in [1.82, 2.24) is 5.32 Å². The van der Waals surface area contributed by atoms with E-state index >= 15 is 0 Å². The van der Waals surface area contributed by atoms with Crippen LogP contribution in [0.5, 0.6) is 0 Å². The number of carbonyl (C=O) groups is 1. The van der Waals surface area contributed by atoms with Crippen molar-refractivity contribution in [1.29, 1.82) is 0 Å². The third-order valence-corrected chi connectivity index (χ3v) is 15.0. The van der Waals surface area contributed by atoms with Crippen molar-refractivity contribution in [3.8, 4) is 0 Å². The Balaban J connectivity index is 3.98. The van der Waals surface area contributed by atoms with Crippen molar-refractivity contribution in [2.45, 2.75) is 321 Å². The highest BCUT2D eigenvalue weighted by molar-refractivity contribution is 7.45. The number of allylic oxidation sites excluding steroid dienone is 2. The van der Waals surface area contributed by atoms with Gasteiger partial charge in [0.25, 0.3) is 7.82 Å². The van der Waals surface area contributed by atoms with Crippen LogP contribution in [0, 0.1) is 0 Å². The van der Waals surface area contributed by atoms with Crippen LogP contribution in [-0.4, -0.2) is 68.5 Å². The highest BCUT2D eigenvalue weighted by atomic mass is 31.2. The van der Waals surface area contributed by atoms with Crippen LogP contribution in [0.25, 0.3) is 0 Å². The number of unbranched alkanes of at least 4 members (excludes halogenated alkanes) is 41. The van der Waals surface area contributed by atoms with Gasteiger partial charge in [-0.1, -0.05) is 276 Å². The van der Waals surface area contributed by atoms with Gasteiger partial charge in [-0.3, -0.25) is 9.36 Å². The summed E-state index contributed by atoms with van der Waals surface area (Å²) in [7, 11) is 1.31. The minimum Gasteiger partial charge on any atom is -0.756 e. The maximum absolute atomic E-state index is 12.9. The fourth-order valence-electron chi connectivity index (χ4n) is 9.27. The first-order valence-corrected chi connectivity index (χ1v) is 31.5. The molecule has 3 atom stereocenters. The Labute approximate surface area is 424 Å². The predicted molar refractivity (Wildman–Crippen MR) is 293 cm³/mol. The Bertz CT molecular complexity index is 1120. The molecule has 9 heteroatoms. The van der Waals surface area contributed by atoms with E-state index in [9.17, 15) is 19.4 Å². The Morgan fingerprint density at radius 3 is 1.15 bits per heavy atom. The molecular formula is C59H119N2O6P. The van der Waals surface area contributed by atoms with Crippen molar-refractivity contribution < 1.29 is 32.9 Å². The Morgan fingerprint density at radius 2 is 0.809 bits per heavy atom. The molecule has 0 aliphatic heterocycles. The molecule has 406 valence electrons. The summed E-state index contributed by atoms with van der Waals surface area (Å²) in [6.45, 7) is 4.74. The molecule has 0 aliphatic rings. The molecule has 0 saturated carbocycles. The van der Waals surface area contributed by atoms with Crippen LogP contribution in [0.2, 0.25) is 0 Å². The molecule has 0 saturated heterocycles. The second kappa shape index (κ2) is 51.2. The molecule has 0 aromatic heterocycles. The lowest BCUT2D eigenvalue weighted by molar-refractivity contribution is -0.870. The standard InChI is InChI=1S/C59H119N2O6P/c1-6-8-10-12-14-16-18-20-22-23-24-25-26-27-28-29-30-31-32-33-34-35-36-37-38-39-40-42-44-46-48-50-52-58(62)57(56-67-68(64,65)66-55-54-61(3,4)5)60-59(63)53-51-49-47-45-43-41-21-19-17-15-13-11-9-7-2/h19,21,57-58,62H,6-18,20,22-56H2,1-5H3,(H-,60,63,64,65)/b21-19-. The van der Waals surface area contributed by atoms with Crippen LogP contribution in [0.4, 0.5) is 0 Å². The Morgan fingerprint density at radius 1 is 0.500 bits per heavy atom. The minimum absolute atomic E-state index is 0.0129. The third kappa shape index (κ3) is 53.0. The number of quaternary nitrogens is 1. The second-order valence-corrected chi connectivity index (χ2v) is 23.5. The van der Waals surface area contributed by atoms with Gasteiger partial charge in [-0.15, -0.1) is 0 Å². The summed E-state index contributed by atoms with van der Waals surface area (Å²) in [5, 5.41) is 14.0. The molecule has 1 amide bonds. The lowest BCUT2D eigenvalue weighted by Gasteiger charge is -2.30. The van der Waals surface area contributed by atoms with E-state index in [1.54, 1.807) is 0 Å². The van der Waals surface area contributed by atoms with E-state index in [4.69, 9.17) is 9.05 Å². The van der Waals surface area contributed by atoms with Crippen LogP contribution in [0.3, 0.4) is 0 Å². The number of aliphatic hydroxyl groups excluding tert-OH is 1. The van der Waals surface area contributed by atoms with Crippen LogP contribution in [-0.2, 0) is 18.4 Å². The average molecular weight is 984 g/mol. The highest BCUT2D eigenvalue weighted by Gasteiger charge is 2.24. The smallest absolute Gasteiger partial charge is 0.268 e. The van der Waals surface area contributed by atoms with Gasteiger partial charge in [0.05, 0.1) is 39.9 Å². The van der Waals surface area contributed by atoms with Gasteiger partial charge in [0, 0.05) is 6.42 Å². The fraction of sp³-hybridized carbons (Fsp3) is 0.949. The first-order chi connectivity index (χ1) is 33.0. The number of amides is 1. The molecule has 2 N–H and O–H groups in total. The SMILES string of the molecule is CCCCCCC/C=C\CCCCCCCC(=O)NC(COP(=O)([O-])OCC[N+](C)(C)C)C(O)CCCCCCCCCCCCCCCCCCCCCCCCCCCCCCCCCC. The largest absolute Gasteiger partial charge is 0.756 e. The summed E-state index contributed by atoms with van der Waals surface area (Å²) in [6.07, 6.45) is 62.7. The zero-order chi connectivity index (χ0) is 49.9. The molecule has 0 aromatic rings. The molecular weight excluding hydrogens is 864 g/mol. The highest BCUT2D eigenvalue weighted by Crippen LogP contribution is 2.38. The summed E-state index contributed by atoms with van der Waals surface area (Å²) in [5.74, 6) is -0.169. The van der Waals surface area contributed by atoms with E-state index in [1.165, 1.54) is 231 Å². The number of carbonyl (C=O) groups excluding carboxylic acids is 1. The first kappa shape index (κ1) is 67.2. The second-order valence-electron chi connectivity index (χ2n) is 22.1. The van der Waals surface area contributed by atoms with Crippen molar-refractivity contribution >= 4 is 13.7 Å². The molecule has 0 heterocycles.